The number of rotatable bonds is 4. The second kappa shape index (κ2) is 19.0. The SMILES string of the molecule is CC.CC.CC.CC(C)(C)CCCN=C(N)/N=C(\N)Nc1ccc(Cl)cc1. The van der Waals surface area contributed by atoms with Crippen LogP contribution in [0.1, 0.15) is 75.2 Å². The third kappa shape index (κ3) is 20.4. The maximum Gasteiger partial charge on any atom is 0.218 e. The number of benzene rings is 1. The average molecular weight is 400 g/mol. The zero-order chi connectivity index (χ0) is 21.9. The van der Waals surface area contributed by atoms with Crippen LogP contribution in [-0.4, -0.2) is 18.5 Å². The molecule has 0 spiro atoms. The second-order valence-electron chi connectivity index (χ2n) is 6.03. The van der Waals surface area contributed by atoms with Gasteiger partial charge in [0.05, 0.1) is 0 Å². The van der Waals surface area contributed by atoms with Crippen molar-refractivity contribution >= 4 is 29.2 Å². The average Bonchev–Trinajstić information content (AvgIpc) is 2.65. The molecule has 0 saturated heterocycles. The van der Waals surface area contributed by atoms with Gasteiger partial charge in [0, 0.05) is 17.3 Å². The maximum absolute atomic E-state index is 5.81. The Kier molecular flexibility index (Phi) is 21.1. The highest BCUT2D eigenvalue weighted by atomic mass is 35.5. The van der Waals surface area contributed by atoms with Gasteiger partial charge < -0.3 is 16.8 Å². The molecule has 0 heterocycles. The molecule has 158 valence electrons. The Labute approximate surface area is 172 Å². The molecule has 0 radical (unpaired) electrons. The van der Waals surface area contributed by atoms with Crippen molar-refractivity contribution in [3.05, 3.63) is 29.3 Å². The Hall–Kier alpha value is -1.75. The van der Waals surface area contributed by atoms with E-state index in [4.69, 9.17) is 23.1 Å². The number of nitrogens with one attached hydrogen (secondary N) is 1. The predicted octanol–water partition coefficient (Wildman–Crippen LogP) is 6.29. The molecule has 0 saturated carbocycles. The van der Waals surface area contributed by atoms with Crippen molar-refractivity contribution in [2.75, 3.05) is 11.9 Å². The van der Waals surface area contributed by atoms with Gasteiger partial charge in [-0.3, -0.25) is 4.99 Å². The molecule has 1 rings (SSSR count). The molecule has 0 aliphatic carbocycles. The van der Waals surface area contributed by atoms with Crippen molar-refractivity contribution in [3.63, 3.8) is 0 Å². The van der Waals surface area contributed by atoms with E-state index in [1.54, 1.807) is 24.3 Å². The lowest BCUT2D eigenvalue weighted by atomic mass is 9.91. The largest absolute Gasteiger partial charge is 0.369 e. The summed E-state index contributed by atoms with van der Waals surface area (Å²) in [6.45, 7) is 19.3. The minimum Gasteiger partial charge on any atom is -0.369 e. The first-order valence-corrected chi connectivity index (χ1v) is 10.3. The topological polar surface area (TPSA) is 88.8 Å². The van der Waals surface area contributed by atoms with Crippen LogP contribution in [0.3, 0.4) is 0 Å². The minimum absolute atomic E-state index is 0.183. The summed E-state index contributed by atoms with van der Waals surface area (Å²) in [4.78, 5) is 8.20. The number of anilines is 1. The molecule has 6 heteroatoms. The summed E-state index contributed by atoms with van der Waals surface area (Å²) in [6, 6.07) is 7.14. The van der Waals surface area contributed by atoms with E-state index < -0.39 is 0 Å². The van der Waals surface area contributed by atoms with E-state index in [0.29, 0.717) is 17.0 Å². The minimum atomic E-state index is 0.183. The molecule has 0 atom stereocenters. The lowest BCUT2D eigenvalue weighted by Crippen LogP contribution is -2.26. The normalized spacial score (nSPS) is 11.0. The number of halogens is 1. The summed E-state index contributed by atoms with van der Waals surface area (Å²) in [5.74, 6) is 0.386. The maximum atomic E-state index is 5.81. The molecule has 0 bridgehead atoms. The van der Waals surface area contributed by atoms with Crippen molar-refractivity contribution in [1.29, 1.82) is 0 Å². The van der Waals surface area contributed by atoms with E-state index in [1.165, 1.54) is 0 Å². The predicted molar refractivity (Wildman–Crippen MR) is 126 cm³/mol. The summed E-state index contributed by atoms with van der Waals surface area (Å²) in [5.41, 5.74) is 12.6. The first-order chi connectivity index (χ1) is 12.8. The van der Waals surface area contributed by atoms with Gasteiger partial charge in [0.25, 0.3) is 0 Å². The van der Waals surface area contributed by atoms with Gasteiger partial charge in [-0.2, -0.15) is 4.99 Å². The standard InChI is InChI=1S/C15H24ClN5.3C2H6/c1-15(2,3)9-4-10-19-13(17)21-14(18)20-12-7-5-11(16)6-8-12;3*1-2/h5-8H,4,9-10H2,1-3H3,(H5,17,18,19,20,21);3*1-2H3. The molecule has 5 N–H and O–H groups in total. The van der Waals surface area contributed by atoms with E-state index in [-0.39, 0.29) is 11.9 Å². The summed E-state index contributed by atoms with van der Waals surface area (Å²) in [6.07, 6.45) is 2.07. The quantitative estimate of drug-likeness (QED) is 0.316. The first kappa shape index (κ1) is 30.0. The Morgan fingerprint density at radius 1 is 0.963 bits per heavy atom. The van der Waals surface area contributed by atoms with Crippen LogP contribution >= 0.6 is 11.6 Å². The number of hydrogen-bond acceptors (Lipinski definition) is 1. The fraction of sp³-hybridized carbons (Fsp3) is 0.619. The number of guanidine groups is 2. The molecule has 0 aliphatic heterocycles. The fourth-order valence-electron chi connectivity index (χ4n) is 1.67. The van der Waals surface area contributed by atoms with Gasteiger partial charge in [-0.25, -0.2) is 0 Å². The molecule has 0 aliphatic rings. The zero-order valence-corrected chi connectivity index (χ0v) is 19.6. The summed E-state index contributed by atoms with van der Waals surface area (Å²) < 4.78 is 0. The van der Waals surface area contributed by atoms with Gasteiger partial charge in [0.15, 0.2) is 0 Å². The highest BCUT2D eigenvalue weighted by Crippen LogP contribution is 2.20. The molecular weight excluding hydrogens is 358 g/mol. The molecule has 1 aromatic rings. The third-order valence-corrected chi connectivity index (χ3v) is 2.96. The van der Waals surface area contributed by atoms with Crippen molar-refractivity contribution in [2.24, 2.45) is 26.9 Å². The highest BCUT2D eigenvalue weighted by Gasteiger charge is 2.08. The Bertz CT molecular complexity index is 502. The van der Waals surface area contributed by atoms with Gasteiger partial charge in [-0.05, 0) is 42.5 Å². The Morgan fingerprint density at radius 2 is 1.44 bits per heavy atom. The Balaban J connectivity index is -0.000000869. The lowest BCUT2D eigenvalue weighted by Gasteiger charge is -2.16. The van der Waals surface area contributed by atoms with Gasteiger partial charge in [-0.15, -0.1) is 0 Å². The smallest absolute Gasteiger partial charge is 0.218 e. The summed E-state index contributed by atoms with van der Waals surface area (Å²) in [7, 11) is 0. The number of nitrogens with zero attached hydrogens (tertiary/aromatic N) is 2. The molecule has 5 nitrogen and oxygen atoms in total. The lowest BCUT2D eigenvalue weighted by molar-refractivity contribution is 0.368. The summed E-state index contributed by atoms with van der Waals surface area (Å²) in [5, 5.41) is 3.59. The fourth-order valence-corrected chi connectivity index (χ4v) is 1.80. The van der Waals surface area contributed by atoms with Crippen LogP contribution in [0.5, 0.6) is 0 Å². The van der Waals surface area contributed by atoms with Crippen molar-refractivity contribution in [2.45, 2.75) is 75.2 Å². The summed E-state index contributed by atoms with van der Waals surface area (Å²) >= 11 is 5.81. The first-order valence-electron chi connectivity index (χ1n) is 9.93. The van der Waals surface area contributed by atoms with Crippen LogP contribution in [-0.2, 0) is 0 Å². The Morgan fingerprint density at radius 3 is 1.89 bits per heavy atom. The van der Waals surface area contributed by atoms with Crippen LogP contribution in [0.4, 0.5) is 5.69 Å². The third-order valence-electron chi connectivity index (χ3n) is 2.71. The van der Waals surface area contributed by atoms with E-state index in [9.17, 15) is 0 Å². The zero-order valence-electron chi connectivity index (χ0n) is 18.9. The van der Waals surface area contributed by atoms with E-state index in [0.717, 1.165) is 18.5 Å². The van der Waals surface area contributed by atoms with Crippen LogP contribution in [0.25, 0.3) is 0 Å². The second-order valence-corrected chi connectivity index (χ2v) is 6.47. The molecule has 0 amide bonds. The number of nitrogens with two attached hydrogens (primary N) is 2. The van der Waals surface area contributed by atoms with Crippen LogP contribution < -0.4 is 16.8 Å². The molecule has 0 fully saturated rings. The van der Waals surface area contributed by atoms with Gasteiger partial charge >= 0.3 is 0 Å². The molecule has 0 aromatic heterocycles. The van der Waals surface area contributed by atoms with Crippen LogP contribution in [0, 0.1) is 5.41 Å². The molecule has 1 aromatic carbocycles. The molecular formula is C21H42ClN5. The highest BCUT2D eigenvalue weighted by molar-refractivity contribution is 6.30. The van der Waals surface area contributed by atoms with Crippen molar-refractivity contribution in [3.8, 4) is 0 Å². The monoisotopic (exact) mass is 399 g/mol. The van der Waals surface area contributed by atoms with Crippen LogP contribution in [0.15, 0.2) is 34.3 Å². The van der Waals surface area contributed by atoms with Gasteiger partial charge in [0.2, 0.25) is 11.9 Å². The van der Waals surface area contributed by atoms with Crippen LogP contribution in [0.2, 0.25) is 5.02 Å². The number of aliphatic imine (C=N–C) groups is 2. The van der Waals surface area contributed by atoms with Gasteiger partial charge in [0.1, 0.15) is 0 Å². The number of hydrogen-bond donors (Lipinski definition) is 3. The van der Waals surface area contributed by atoms with Crippen molar-refractivity contribution in [1.82, 2.24) is 0 Å². The van der Waals surface area contributed by atoms with E-state index in [1.807, 2.05) is 41.5 Å². The van der Waals surface area contributed by atoms with Crippen molar-refractivity contribution < 1.29 is 0 Å². The molecule has 0 unspecified atom stereocenters. The van der Waals surface area contributed by atoms with Gasteiger partial charge in [-0.1, -0.05) is 73.9 Å². The molecule has 27 heavy (non-hydrogen) atoms. The van der Waals surface area contributed by atoms with E-state index in [2.05, 4.69) is 36.1 Å². The van der Waals surface area contributed by atoms with E-state index >= 15 is 0 Å².